The fourth-order valence-electron chi connectivity index (χ4n) is 2.54. The van der Waals surface area contributed by atoms with Gasteiger partial charge in [-0.15, -0.1) is 0 Å². The SMILES string of the molecule is N#CC(C#N)=C(C#N)Nc1cc2c(cc1C(=O)c1ccccc1)OCCO2. The minimum atomic E-state index is -0.384. The number of anilines is 1. The van der Waals surface area contributed by atoms with Crippen LogP contribution in [0.25, 0.3) is 0 Å². The van der Waals surface area contributed by atoms with Gasteiger partial charge in [0.25, 0.3) is 0 Å². The van der Waals surface area contributed by atoms with Crippen molar-refractivity contribution in [3.63, 3.8) is 0 Å². The van der Waals surface area contributed by atoms with E-state index in [1.54, 1.807) is 48.5 Å². The molecule has 0 spiro atoms. The molecule has 0 bridgehead atoms. The summed E-state index contributed by atoms with van der Waals surface area (Å²) in [5.74, 6) is 0.512. The lowest BCUT2D eigenvalue weighted by Crippen LogP contribution is -2.17. The Labute approximate surface area is 155 Å². The van der Waals surface area contributed by atoms with Crippen LogP contribution in [0.1, 0.15) is 15.9 Å². The van der Waals surface area contributed by atoms with Crippen molar-refractivity contribution in [2.45, 2.75) is 0 Å². The Kier molecular flexibility index (Phi) is 5.03. The highest BCUT2D eigenvalue weighted by atomic mass is 16.6. The third-order valence-electron chi connectivity index (χ3n) is 3.81. The van der Waals surface area contributed by atoms with E-state index in [-0.39, 0.29) is 28.3 Å². The van der Waals surface area contributed by atoms with Crippen LogP contribution >= 0.6 is 0 Å². The zero-order chi connectivity index (χ0) is 19.2. The highest BCUT2D eigenvalue weighted by Crippen LogP contribution is 2.37. The van der Waals surface area contributed by atoms with Gasteiger partial charge in [-0.25, -0.2) is 0 Å². The number of nitriles is 3. The fraction of sp³-hybridized carbons (Fsp3) is 0.100. The number of fused-ring (bicyclic) bond motifs is 1. The quantitative estimate of drug-likeness (QED) is 0.660. The lowest BCUT2D eigenvalue weighted by atomic mass is 10.0. The molecule has 0 aromatic heterocycles. The molecule has 27 heavy (non-hydrogen) atoms. The average Bonchev–Trinajstić information content (AvgIpc) is 2.73. The molecule has 1 aliphatic heterocycles. The average molecular weight is 356 g/mol. The fourth-order valence-corrected chi connectivity index (χ4v) is 2.54. The third-order valence-corrected chi connectivity index (χ3v) is 3.81. The minimum Gasteiger partial charge on any atom is -0.486 e. The molecular weight excluding hydrogens is 344 g/mol. The molecular formula is C20H12N4O3. The molecule has 0 fully saturated rings. The van der Waals surface area contributed by atoms with E-state index in [9.17, 15) is 10.1 Å². The van der Waals surface area contributed by atoms with E-state index >= 15 is 0 Å². The second-order valence-corrected chi connectivity index (χ2v) is 5.45. The van der Waals surface area contributed by atoms with Gasteiger partial charge in [0.05, 0.1) is 5.69 Å². The second kappa shape index (κ2) is 7.74. The van der Waals surface area contributed by atoms with Crippen molar-refractivity contribution in [2.75, 3.05) is 18.5 Å². The number of hydrogen-bond donors (Lipinski definition) is 1. The zero-order valence-corrected chi connectivity index (χ0v) is 14.0. The second-order valence-electron chi connectivity index (χ2n) is 5.45. The van der Waals surface area contributed by atoms with Gasteiger partial charge >= 0.3 is 0 Å². The Balaban J connectivity index is 2.13. The van der Waals surface area contributed by atoms with E-state index < -0.39 is 0 Å². The smallest absolute Gasteiger partial charge is 0.195 e. The molecule has 2 aromatic carbocycles. The van der Waals surface area contributed by atoms with Crippen molar-refractivity contribution in [3.05, 3.63) is 64.9 Å². The molecule has 0 atom stereocenters. The Morgan fingerprint density at radius 1 is 0.926 bits per heavy atom. The first kappa shape index (κ1) is 17.5. The lowest BCUT2D eigenvalue weighted by molar-refractivity contribution is 0.103. The molecule has 3 rings (SSSR count). The Morgan fingerprint density at radius 2 is 1.56 bits per heavy atom. The van der Waals surface area contributed by atoms with Crippen LogP contribution in [-0.2, 0) is 0 Å². The van der Waals surface area contributed by atoms with Gasteiger partial charge < -0.3 is 14.8 Å². The van der Waals surface area contributed by atoms with E-state index in [0.29, 0.717) is 30.3 Å². The monoisotopic (exact) mass is 356 g/mol. The van der Waals surface area contributed by atoms with Crippen LogP contribution in [0, 0.1) is 34.0 Å². The Morgan fingerprint density at radius 3 is 2.15 bits per heavy atom. The molecule has 2 aromatic rings. The number of carbonyl (C=O) groups is 1. The van der Waals surface area contributed by atoms with Crippen molar-refractivity contribution in [3.8, 4) is 29.7 Å². The Hall–Kier alpha value is -4.28. The molecule has 0 aliphatic carbocycles. The van der Waals surface area contributed by atoms with Crippen LogP contribution in [0.2, 0.25) is 0 Å². The number of carbonyl (C=O) groups excluding carboxylic acids is 1. The highest BCUT2D eigenvalue weighted by Gasteiger charge is 2.22. The molecule has 0 amide bonds. The third kappa shape index (κ3) is 3.56. The molecule has 1 aliphatic rings. The molecule has 1 heterocycles. The van der Waals surface area contributed by atoms with E-state index in [1.807, 2.05) is 0 Å². The molecule has 0 saturated heterocycles. The van der Waals surface area contributed by atoms with Crippen molar-refractivity contribution >= 4 is 11.5 Å². The van der Waals surface area contributed by atoms with Crippen LogP contribution < -0.4 is 14.8 Å². The van der Waals surface area contributed by atoms with Crippen LogP contribution in [0.3, 0.4) is 0 Å². The summed E-state index contributed by atoms with van der Waals surface area (Å²) in [6.07, 6.45) is 0. The number of rotatable bonds is 4. The summed E-state index contributed by atoms with van der Waals surface area (Å²) in [5.41, 5.74) is 0.283. The zero-order valence-electron chi connectivity index (χ0n) is 14.0. The molecule has 0 saturated carbocycles. The molecule has 7 nitrogen and oxygen atoms in total. The van der Waals surface area contributed by atoms with E-state index in [1.165, 1.54) is 12.1 Å². The van der Waals surface area contributed by atoms with Crippen molar-refractivity contribution in [1.29, 1.82) is 15.8 Å². The molecule has 7 heteroatoms. The maximum absolute atomic E-state index is 13.0. The number of hydrogen-bond acceptors (Lipinski definition) is 7. The van der Waals surface area contributed by atoms with Crippen LogP contribution in [0.15, 0.2) is 53.7 Å². The number of nitrogens with zero attached hydrogens (tertiary/aromatic N) is 3. The number of benzene rings is 2. The molecule has 130 valence electrons. The molecule has 0 unspecified atom stereocenters. The Bertz CT molecular complexity index is 1040. The lowest BCUT2D eigenvalue weighted by Gasteiger charge is -2.21. The topological polar surface area (TPSA) is 119 Å². The van der Waals surface area contributed by atoms with Crippen molar-refractivity contribution in [2.24, 2.45) is 0 Å². The van der Waals surface area contributed by atoms with Gasteiger partial charge in [-0.3, -0.25) is 4.79 Å². The number of ether oxygens (including phenoxy) is 2. The standard InChI is InChI=1S/C20H12N4O3/c21-10-14(11-22)17(12-23)24-16-9-19-18(26-6-7-27-19)8-15(16)20(25)13-4-2-1-3-5-13/h1-5,8-9,24H,6-7H2. The minimum absolute atomic E-state index is 0.230. The maximum atomic E-state index is 13.0. The predicted molar refractivity (Wildman–Crippen MR) is 94.8 cm³/mol. The molecule has 0 radical (unpaired) electrons. The van der Waals surface area contributed by atoms with E-state index in [0.717, 1.165) is 0 Å². The van der Waals surface area contributed by atoms with Crippen LogP contribution in [0.4, 0.5) is 5.69 Å². The maximum Gasteiger partial charge on any atom is 0.195 e. The number of allylic oxidation sites excluding steroid dienone is 2. The first-order valence-corrected chi connectivity index (χ1v) is 7.93. The van der Waals surface area contributed by atoms with E-state index in [4.69, 9.17) is 20.0 Å². The van der Waals surface area contributed by atoms with Crippen LogP contribution in [0.5, 0.6) is 11.5 Å². The predicted octanol–water partition coefficient (Wildman–Crippen LogP) is 2.93. The van der Waals surface area contributed by atoms with Crippen LogP contribution in [-0.4, -0.2) is 19.0 Å². The highest BCUT2D eigenvalue weighted by molar-refractivity contribution is 6.13. The number of ketones is 1. The van der Waals surface area contributed by atoms with Gasteiger partial charge in [0, 0.05) is 17.2 Å². The first-order valence-electron chi connectivity index (χ1n) is 7.93. The summed E-state index contributed by atoms with van der Waals surface area (Å²) in [7, 11) is 0. The van der Waals surface area contributed by atoms with Gasteiger partial charge in [-0.1, -0.05) is 30.3 Å². The summed E-state index contributed by atoms with van der Waals surface area (Å²) in [5, 5.41) is 30.1. The normalized spacial score (nSPS) is 11.3. The summed E-state index contributed by atoms with van der Waals surface area (Å²) in [6.45, 7) is 0.704. The van der Waals surface area contributed by atoms with Crippen molar-refractivity contribution in [1.82, 2.24) is 0 Å². The van der Waals surface area contributed by atoms with Gasteiger partial charge in [-0.05, 0) is 6.07 Å². The summed E-state index contributed by atoms with van der Waals surface area (Å²) < 4.78 is 11.1. The van der Waals surface area contributed by atoms with Gasteiger partial charge in [0.15, 0.2) is 22.9 Å². The summed E-state index contributed by atoms with van der Waals surface area (Å²) >= 11 is 0. The first-order chi connectivity index (χ1) is 13.2. The van der Waals surface area contributed by atoms with Gasteiger partial charge in [0.2, 0.25) is 0 Å². The van der Waals surface area contributed by atoms with Crippen molar-refractivity contribution < 1.29 is 14.3 Å². The summed E-state index contributed by atoms with van der Waals surface area (Å²) in [6, 6.07) is 16.7. The van der Waals surface area contributed by atoms with Gasteiger partial charge in [-0.2, -0.15) is 15.8 Å². The molecule has 1 N–H and O–H groups in total. The number of nitrogens with one attached hydrogen (secondary N) is 1. The van der Waals surface area contributed by atoms with E-state index in [2.05, 4.69) is 5.32 Å². The van der Waals surface area contributed by atoms with Gasteiger partial charge in [0.1, 0.15) is 37.1 Å². The largest absolute Gasteiger partial charge is 0.486 e. The summed E-state index contributed by atoms with van der Waals surface area (Å²) in [4.78, 5) is 13.0.